The largest absolute Gasteiger partial charge is 0.362 e. The second-order valence-corrected chi connectivity index (χ2v) is 10.5. The molecule has 0 aromatic heterocycles. The second kappa shape index (κ2) is 9.12. The van der Waals surface area contributed by atoms with Crippen molar-refractivity contribution >= 4 is 39.4 Å². The molecule has 33 heavy (non-hydrogen) atoms. The first kappa shape index (κ1) is 23.2. The standard InChI is InChI=1S/C22H29N5O5S/c1-26-13-6-2-3-10-18(26)25-33(31,32)17-9-7-8-16(14-17)23-19(28)15-27-20(29)22(24-21(27)30)11-4-5-12-22/h7-9,14H,2-6,10-13,15H2,1H3,(H,23,28)(H,24,30)/b25-18-. The van der Waals surface area contributed by atoms with Gasteiger partial charge in [0, 0.05) is 25.7 Å². The van der Waals surface area contributed by atoms with Gasteiger partial charge in [0.2, 0.25) is 5.91 Å². The number of likely N-dealkylation sites (tertiary alicyclic amines) is 1. The van der Waals surface area contributed by atoms with E-state index in [1.54, 1.807) is 6.07 Å². The third-order valence-electron chi connectivity index (χ3n) is 6.48. The van der Waals surface area contributed by atoms with Gasteiger partial charge in [-0.2, -0.15) is 8.42 Å². The number of amides is 4. The Kier molecular flexibility index (Phi) is 6.42. The van der Waals surface area contributed by atoms with Crippen LogP contribution in [0, 0.1) is 0 Å². The molecule has 2 N–H and O–H groups in total. The highest BCUT2D eigenvalue weighted by atomic mass is 32.2. The molecule has 3 aliphatic rings. The molecule has 4 rings (SSSR count). The number of amidine groups is 1. The van der Waals surface area contributed by atoms with Crippen LogP contribution in [0.25, 0.3) is 0 Å². The second-order valence-electron chi connectivity index (χ2n) is 8.90. The van der Waals surface area contributed by atoms with E-state index in [-0.39, 0.29) is 16.5 Å². The fourth-order valence-electron chi connectivity index (χ4n) is 4.65. The number of rotatable bonds is 5. The number of carbonyl (C=O) groups is 3. The number of imide groups is 1. The van der Waals surface area contributed by atoms with E-state index in [0.29, 0.717) is 25.1 Å². The van der Waals surface area contributed by atoms with E-state index in [1.165, 1.54) is 18.2 Å². The highest BCUT2D eigenvalue weighted by molar-refractivity contribution is 7.90. The van der Waals surface area contributed by atoms with Gasteiger partial charge in [0.15, 0.2) is 0 Å². The molecule has 0 bridgehead atoms. The van der Waals surface area contributed by atoms with E-state index in [4.69, 9.17) is 0 Å². The third kappa shape index (κ3) is 4.87. The molecular weight excluding hydrogens is 446 g/mol. The van der Waals surface area contributed by atoms with E-state index >= 15 is 0 Å². The Labute approximate surface area is 193 Å². The molecule has 10 nitrogen and oxygen atoms in total. The Morgan fingerprint density at radius 1 is 1.15 bits per heavy atom. The van der Waals surface area contributed by atoms with Crippen molar-refractivity contribution in [2.45, 2.75) is 61.8 Å². The zero-order chi connectivity index (χ0) is 23.6. The molecule has 0 radical (unpaired) electrons. The van der Waals surface area contributed by atoms with Gasteiger partial charge in [-0.05, 0) is 43.9 Å². The van der Waals surface area contributed by atoms with Gasteiger partial charge in [0.25, 0.3) is 15.9 Å². The Morgan fingerprint density at radius 2 is 1.91 bits per heavy atom. The van der Waals surface area contributed by atoms with Gasteiger partial charge in [-0.1, -0.05) is 25.3 Å². The molecule has 178 valence electrons. The molecule has 2 heterocycles. The fraction of sp³-hybridized carbons (Fsp3) is 0.545. The summed E-state index contributed by atoms with van der Waals surface area (Å²) in [5.41, 5.74) is -0.631. The van der Waals surface area contributed by atoms with Gasteiger partial charge in [0.1, 0.15) is 17.9 Å². The molecule has 1 aromatic carbocycles. The summed E-state index contributed by atoms with van der Waals surface area (Å²) in [6.45, 7) is 0.324. The molecule has 1 aliphatic carbocycles. The lowest BCUT2D eigenvalue weighted by Gasteiger charge is -2.19. The molecule has 0 unspecified atom stereocenters. The van der Waals surface area contributed by atoms with Gasteiger partial charge in [-0.15, -0.1) is 4.40 Å². The Bertz CT molecular complexity index is 1090. The number of anilines is 1. The number of sulfonamides is 1. The summed E-state index contributed by atoms with van der Waals surface area (Å²) in [5, 5.41) is 5.32. The topological polar surface area (TPSA) is 128 Å². The van der Waals surface area contributed by atoms with Gasteiger partial charge in [0.05, 0.1) is 4.90 Å². The highest BCUT2D eigenvalue weighted by Gasteiger charge is 2.52. The van der Waals surface area contributed by atoms with Crippen LogP contribution in [0.5, 0.6) is 0 Å². The van der Waals surface area contributed by atoms with Crippen LogP contribution in [0.2, 0.25) is 0 Å². The van der Waals surface area contributed by atoms with Gasteiger partial charge in [-0.25, -0.2) is 4.79 Å². The van der Waals surface area contributed by atoms with E-state index in [2.05, 4.69) is 15.0 Å². The molecule has 11 heteroatoms. The van der Waals surface area contributed by atoms with Crippen LogP contribution >= 0.6 is 0 Å². The summed E-state index contributed by atoms with van der Waals surface area (Å²) >= 11 is 0. The minimum atomic E-state index is -3.96. The Morgan fingerprint density at radius 3 is 2.67 bits per heavy atom. The number of hydrogen-bond donors (Lipinski definition) is 2. The van der Waals surface area contributed by atoms with Crippen LogP contribution in [0.4, 0.5) is 10.5 Å². The van der Waals surface area contributed by atoms with Crippen molar-refractivity contribution in [2.75, 3.05) is 25.5 Å². The monoisotopic (exact) mass is 475 g/mol. The molecule has 1 saturated carbocycles. The van der Waals surface area contributed by atoms with E-state index < -0.39 is 34.0 Å². The first-order chi connectivity index (χ1) is 15.7. The molecule has 1 aromatic rings. The number of hydrogen-bond acceptors (Lipinski definition) is 5. The minimum Gasteiger partial charge on any atom is -0.362 e. The summed E-state index contributed by atoms with van der Waals surface area (Å²) in [5.74, 6) is -0.431. The maximum atomic E-state index is 12.9. The minimum absolute atomic E-state index is 0.0367. The van der Waals surface area contributed by atoms with Crippen molar-refractivity contribution in [3.63, 3.8) is 0 Å². The molecule has 2 aliphatic heterocycles. The van der Waals surface area contributed by atoms with E-state index in [9.17, 15) is 22.8 Å². The maximum absolute atomic E-state index is 12.9. The SMILES string of the molecule is CN1CCCCC/C1=N/S(=O)(=O)c1cccc(NC(=O)CN2C(=O)NC3(CCCC3)C2=O)c1. The average Bonchev–Trinajstić information content (AvgIpc) is 3.26. The molecule has 3 fully saturated rings. The molecule has 1 spiro atoms. The molecular formula is C22H29N5O5S. The van der Waals surface area contributed by atoms with Gasteiger partial charge >= 0.3 is 6.03 Å². The highest BCUT2D eigenvalue weighted by Crippen LogP contribution is 2.35. The maximum Gasteiger partial charge on any atom is 0.325 e. The van der Waals surface area contributed by atoms with Crippen molar-refractivity contribution in [1.82, 2.24) is 15.1 Å². The van der Waals surface area contributed by atoms with Crippen LogP contribution in [-0.2, 0) is 19.6 Å². The summed E-state index contributed by atoms with van der Waals surface area (Å²) in [7, 11) is -2.12. The first-order valence-electron chi connectivity index (χ1n) is 11.3. The number of carbonyl (C=O) groups excluding carboxylic acids is 3. The molecule has 2 saturated heterocycles. The smallest absolute Gasteiger partial charge is 0.325 e. The Balaban J connectivity index is 1.45. The van der Waals surface area contributed by atoms with Crippen LogP contribution in [-0.4, -0.2) is 67.6 Å². The lowest BCUT2D eigenvalue weighted by atomic mass is 9.98. The Hall–Kier alpha value is -2.95. The third-order valence-corrected chi connectivity index (χ3v) is 7.78. The van der Waals surface area contributed by atoms with Crippen molar-refractivity contribution < 1.29 is 22.8 Å². The lowest BCUT2D eigenvalue weighted by molar-refractivity contribution is -0.133. The van der Waals surface area contributed by atoms with E-state index in [1.807, 2.05) is 11.9 Å². The summed E-state index contributed by atoms with van der Waals surface area (Å²) < 4.78 is 29.8. The molecule has 0 atom stereocenters. The number of nitrogens with one attached hydrogen (secondary N) is 2. The number of urea groups is 1. The first-order valence-corrected chi connectivity index (χ1v) is 12.7. The van der Waals surface area contributed by atoms with Crippen molar-refractivity contribution in [1.29, 1.82) is 0 Å². The summed E-state index contributed by atoms with van der Waals surface area (Å²) in [4.78, 5) is 40.3. The zero-order valence-electron chi connectivity index (χ0n) is 18.7. The van der Waals surface area contributed by atoms with Gasteiger partial charge in [-0.3, -0.25) is 14.5 Å². The average molecular weight is 476 g/mol. The number of benzene rings is 1. The fourth-order valence-corrected chi connectivity index (χ4v) is 5.79. The number of nitrogens with zero attached hydrogens (tertiary/aromatic N) is 3. The molecule has 4 amide bonds. The summed E-state index contributed by atoms with van der Waals surface area (Å²) in [6, 6.07) is 5.25. The van der Waals surface area contributed by atoms with Crippen LogP contribution in [0.3, 0.4) is 0 Å². The van der Waals surface area contributed by atoms with Crippen molar-refractivity contribution in [3.8, 4) is 0 Å². The normalized spacial score (nSPS) is 22.0. The van der Waals surface area contributed by atoms with Crippen LogP contribution in [0.1, 0.15) is 51.4 Å². The van der Waals surface area contributed by atoms with Crippen LogP contribution in [0.15, 0.2) is 33.6 Å². The lowest BCUT2D eigenvalue weighted by Crippen LogP contribution is -2.44. The van der Waals surface area contributed by atoms with Crippen molar-refractivity contribution in [2.24, 2.45) is 4.40 Å². The predicted octanol–water partition coefficient (Wildman–Crippen LogP) is 2.08. The van der Waals surface area contributed by atoms with Crippen LogP contribution < -0.4 is 10.6 Å². The van der Waals surface area contributed by atoms with E-state index in [0.717, 1.165) is 43.5 Å². The summed E-state index contributed by atoms with van der Waals surface area (Å²) in [6.07, 6.45) is 6.37. The predicted molar refractivity (Wildman–Crippen MR) is 122 cm³/mol. The van der Waals surface area contributed by atoms with Crippen molar-refractivity contribution in [3.05, 3.63) is 24.3 Å². The zero-order valence-corrected chi connectivity index (χ0v) is 19.5. The quantitative estimate of drug-likeness (QED) is 0.628. The van der Waals surface area contributed by atoms with Gasteiger partial charge < -0.3 is 15.5 Å².